The van der Waals surface area contributed by atoms with Crippen molar-refractivity contribution < 1.29 is 9.90 Å². The molecular weight excluding hydrogens is 298 g/mol. The van der Waals surface area contributed by atoms with Crippen LogP contribution in [0.25, 0.3) is 0 Å². The molecule has 0 bridgehead atoms. The smallest absolute Gasteiger partial charge is 0.225 e. The number of aliphatic hydroxyl groups is 1. The second-order valence-electron chi connectivity index (χ2n) is 9.10. The van der Waals surface area contributed by atoms with Gasteiger partial charge in [-0.15, -0.1) is 0 Å². The van der Waals surface area contributed by atoms with Crippen LogP contribution in [0.15, 0.2) is 18.2 Å². The van der Waals surface area contributed by atoms with Crippen LogP contribution in [0.3, 0.4) is 0 Å². The van der Waals surface area contributed by atoms with Gasteiger partial charge in [0.25, 0.3) is 0 Å². The molecule has 2 aliphatic carbocycles. The van der Waals surface area contributed by atoms with E-state index in [0.29, 0.717) is 24.2 Å². The van der Waals surface area contributed by atoms with Crippen LogP contribution in [-0.2, 0) is 4.79 Å². The first-order valence-corrected chi connectivity index (χ1v) is 9.35. The standard InChI is InChI=1S/C21H29NO2/c1-14-4-5-18(15(2)8-14)16-6-7-21(11-16)12-22(13-21)19(23)17-9-20(3,24)10-17/h4-5,8,16-17,24H,6-7,9-13H2,1-3H3/t16-,17?,20?/m1/s1. The van der Waals surface area contributed by atoms with Gasteiger partial charge in [0, 0.05) is 24.4 Å². The van der Waals surface area contributed by atoms with Crippen LogP contribution in [0.1, 0.15) is 61.6 Å². The van der Waals surface area contributed by atoms with Crippen molar-refractivity contribution in [1.82, 2.24) is 4.90 Å². The molecule has 3 aliphatic rings. The molecule has 3 fully saturated rings. The van der Waals surface area contributed by atoms with Gasteiger partial charge in [-0.3, -0.25) is 4.79 Å². The number of rotatable bonds is 2. The monoisotopic (exact) mass is 327 g/mol. The van der Waals surface area contributed by atoms with Crippen molar-refractivity contribution in [3.63, 3.8) is 0 Å². The van der Waals surface area contributed by atoms with E-state index in [1.54, 1.807) is 0 Å². The first-order chi connectivity index (χ1) is 11.3. The van der Waals surface area contributed by atoms with Gasteiger partial charge < -0.3 is 10.0 Å². The molecule has 1 amide bonds. The highest BCUT2D eigenvalue weighted by molar-refractivity contribution is 5.81. The number of amides is 1. The average Bonchev–Trinajstić information content (AvgIpc) is 2.87. The maximum atomic E-state index is 12.5. The lowest BCUT2D eigenvalue weighted by Gasteiger charge is -2.52. The summed E-state index contributed by atoms with van der Waals surface area (Å²) in [6.07, 6.45) is 5.01. The van der Waals surface area contributed by atoms with Gasteiger partial charge in [0.15, 0.2) is 0 Å². The van der Waals surface area contributed by atoms with Crippen molar-refractivity contribution in [3.8, 4) is 0 Å². The lowest BCUT2D eigenvalue weighted by molar-refractivity contribution is -0.161. The van der Waals surface area contributed by atoms with E-state index in [2.05, 4.69) is 32.0 Å². The molecular formula is C21H29NO2. The molecule has 1 aliphatic heterocycles. The van der Waals surface area contributed by atoms with E-state index in [1.165, 1.54) is 36.0 Å². The molecule has 4 rings (SSSR count). The molecule has 3 heteroatoms. The summed E-state index contributed by atoms with van der Waals surface area (Å²) >= 11 is 0. The maximum Gasteiger partial charge on any atom is 0.225 e. The van der Waals surface area contributed by atoms with Gasteiger partial charge in [-0.1, -0.05) is 23.8 Å². The Kier molecular flexibility index (Phi) is 3.58. The summed E-state index contributed by atoms with van der Waals surface area (Å²) < 4.78 is 0. The zero-order valence-corrected chi connectivity index (χ0v) is 15.1. The van der Waals surface area contributed by atoms with Crippen LogP contribution >= 0.6 is 0 Å². The van der Waals surface area contributed by atoms with Crippen LogP contribution in [0.5, 0.6) is 0 Å². The van der Waals surface area contributed by atoms with Gasteiger partial charge in [-0.25, -0.2) is 0 Å². The molecule has 0 unspecified atom stereocenters. The number of carbonyl (C=O) groups excluding carboxylic acids is 1. The third kappa shape index (κ3) is 2.67. The van der Waals surface area contributed by atoms with Crippen molar-refractivity contribution >= 4 is 5.91 Å². The Morgan fingerprint density at radius 3 is 2.54 bits per heavy atom. The molecule has 3 nitrogen and oxygen atoms in total. The largest absolute Gasteiger partial charge is 0.390 e. The van der Waals surface area contributed by atoms with Gasteiger partial charge in [-0.2, -0.15) is 0 Å². The normalized spacial score (nSPS) is 34.1. The fraction of sp³-hybridized carbons (Fsp3) is 0.667. The van der Waals surface area contributed by atoms with Crippen molar-refractivity contribution in [3.05, 3.63) is 34.9 Å². The van der Waals surface area contributed by atoms with Gasteiger partial charge in [0.05, 0.1) is 5.60 Å². The van der Waals surface area contributed by atoms with Crippen LogP contribution in [0.4, 0.5) is 0 Å². The fourth-order valence-electron chi connectivity index (χ4n) is 5.40. The van der Waals surface area contributed by atoms with Crippen LogP contribution < -0.4 is 0 Å². The second kappa shape index (κ2) is 5.32. The minimum atomic E-state index is -0.607. The Labute approximate surface area is 145 Å². The zero-order valence-electron chi connectivity index (χ0n) is 15.1. The van der Waals surface area contributed by atoms with E-state index >= 15 is 0 Å². The van der Waals surface area contributed by atoms with Crippen molar-refractivity contribution in [2.24, 2.45) is 11.3 Å². The third-order valence-corrected chi connectivity index (χ3v) is 6.65. The lowest BCUT2D eigenvalue weighted by atomic mass is 9.69. The molecule has 1 saturated heterocycles. The maximum absolute atomic E-state index is 12.5. The molecule has 0 aromatic heterocycles. The van der Waals surface area contributed by atoms with Crippen molar-refractivity contribution in [1.29, 1.82) is 0 Å². The SMILES string of the molecule is Cc1ccc([C@@H]2CCC3(C2)CN(C(=O)C2CC(C)(O)C2)C3)c(C)c1. The number of carbonyl (C=O) groups is 1. The van der Waals surface area contributed by atoms with Crippen molar-refractivity contribution in [2.45, 2.75) is 64.4 Å². The number of hydrogen-bond acceptors (Lipinski definition) is 2. The van der Waals surface area contributed by atoms with Crippen molar-refractivity contribution in [2.75, 3.05) is 13.1 Å². The van der Waals surface area contributed by atoms with Gasteiger partial charge >= 0.3 is 0 Å². The van der Waals surface area contributed by atoms with E-state index in [1.807, 2.05) is 11.8 Å². The van der Waals surface area contributed by atoms with E-state index in [9.17, 15) is 9.90 Å². The first-order valence-electron chi connectivity index (χ1n) is 9.35. The van der Waals surface area contributed by atoms with Gasteiger partial charge in [0.1, 0.15) is 0 Å². The Bertz CT molecular complexity index is 664. The van der Waals surface area contributed by atoms with Crippen LogP contribution in [-0.4, -0.2) is 34.6 Å². The topological polar surface area (TPSA) is 40.5 Å². The summed E-state index contributed by atoms with van der Waals surface area (Å²) in [5, 5.41) is 9.85. The first kappa shape index (κ1) is 16.1. The van der Waals surface area contributed by atoms with Crippen LogP contribution in [0, 0.1) is 25.2 Å². The molecule has 0 radical (unpaired) electrons. The molecule has 1 aromatic rings. The highest BCUT2D eigenvalue weighted by atomic mass is 16.3. The van der Waals surface area contributed by atoms with Crippen LogP contribution in [0.2, 0.25) is 0 Å². The molecule has 130 valence electrons. The molecule has 1 atom stereocenters. The summed E-state index contributed by atoms with van der Waals surface area (Å²) in [5.41, 5.74) is 4.02. The van der Waals surface area contributed by atoms with Gasteiger partial charge in [-0.05, 0) is 69.9 Å². The van der Waals surface area contributed by atoms with E-state index in [-0.39, 0.29) is 11.8 Å². The third-order valence-electron chi connectivity index (χ3n) is 6.65. The highest BCUT2D eigenvalue weighted by Gasteiger charge is 2.53. The Morgan fingerprint density at radius 2 is 1.92 bits per heavy atom. The molecule has 1 heterocycles. The predicted octanol–water partition coefficient (Wildman–Crippen LogP) is 3.56. The summed E-state index contributed by atoms with van der Waals surface area (Å²) in [5.74, 6) is 1.00. The number of aryl methyl sites for hydroxylation is 2. The predicted molar refractivity (Wildman–Crippen MR) is 94.9 cm³/mol. The van der Waals surface area contributed by atoms with E-state index in [4.69, 9.17) is 0 Å². The summed E-state index contributed by atoms with van der Waals surface area (Å²) in [6.45, 7) is 8.09. The lowest BCUT2D eigenvalue weighted by Crippen LogP contribution is -2.61. The number of likely N-dealkylation sites (tertiary alicyclic amines) is 1. The molecule has 1 N–H and O–H groups in total. The number of benzene rings is 1. The quantitative estimate of drug-likeness (QED) is 0.902. The fourth-order valence-corrected chi connectivity index (χ4v) is 5.40. The minimum absolute atomic E-state index is 0.0638. The average molecular weight is 327 g/mol. The Hall–Kier alpha value is -1.35. The number of hydrogen-bond donors (Lipinski definition) is 1. The Balaban J connectivity index is 1.36. The zero-order chi connectivity index (χ0) is 17.1. The van der Waals surface area contributed by atoms with E-state index < -0.39 is 5.60 Å². The number of nitrogens with zero attached hydrogens (tertiary/aromatic N) is 1. The summed E-state index contributed by atoms with van der Waals surface area (Å²) in [6, 6.07) is 6.83. The van der Waals surface area contributed by atoms with Gasteiger partial charge in [0.2, 0.25) is 5.91 Å². The molecule has 1 spiro atoms. The minimum Gasteiger partial charge on any atom is -0.390 e. The molecule has 24 heavy (non-hydrogen) atoms. The summed E-state index contributed by atoms with van der Waals surface area (Å²) in [7, 11) is 0. The van der Waals surface area contributed by atoms with E-state index in [0.717, 1.165) is 13.1 Å². The highest BCUT2D eigenvalue weighted by Crippen LogP contribution is 2.53. The second-order valence-corrected chi connectivity index (χ2v) is 9.10. The summed E-state index contributed by atoms with van der Waals surface area (Å²) in [4.78, 5) is 14.5. The molecule has 1 aromatic carbocycles. The Morgan fingerprint density at radius 1 is 1.21 bits per heavy atom. The molecule has 2 saturated carbocycles.